The Bertz CT molecular complexity index is 1320. The van der Waals surface area contributed by atoms with E-state index in [1.54, 1.807) is 4.57 Å². The molecule has 4 heteroatoms. The molecule has 1 saturated carbocycles. The second-order valence-corrected chi connectivity index (χ2v) is 8.83. The molecule has 0 aliphatic heterocycles. The number of rotatable bonds is 5. The quantitative estimate of drug-likeness (QED) is 0.393. The van der Waals surface area contributed by atoms with Crippen LogP contribution >= 0.6 is 0 Å². The van der Waals surface area contributed by atoms with Crippen molar-refractivity contribution in [2.75, 3.05) is 0 Å². The van der Waals surface area contributed by atoms with E-state index in [1.807, 2.05) is 97.1 Å². The van der Waals surface area contributed by atoms with E-state index >= 15 is 0 Å². The molecule has 0 bridgehead atoms. The Labute approximate surface area is 199 Å². The monoisotopic (exact) mass is 448 g/mol. The highest BCUT2D eigenvalue weighted by Gasteiger charge is 2.24. The third kappa shape index (κ3) is 4.44. The molecule has 1 heterocycles. The molecule has 34 heavy (non-hydrogen) atoms. The van der Waals surface area contributed by atoms with E-state index in [2.05, 4.69) is 5.32 Å². The van der Waals surface area contributed by atoms with Gasteiger partial charge in [0.2, 0.25) is 0 Å². The van der Waals surface area contributed by atoms with Crippen molar-refractivity contribution >= 4 is 5.91 Å². The van der Waals surface area contributed by atoms with Gasteiger partial charge in [0.1, 0.15) is 5.69 Å². The van der Waals surface area contributed by atoms with Crippen LogP contribution in [0.1, 0.15) is 42.6 Å². The van der Waals surface area contributed by atoms with Gasteiger partial charge in [0.15, 0.2) is 0 Å². The highest BCUT2D eigenvalue weighted by molar-refractivity contribution is 5.97. The summed E-state index contributed by atoms with van der Waals surface area (Å²) in [5.41, 5.74) is 3.93. The van der Waals surface area contributed by atoms with Crippen LogP contribution in [-0.4, -0.2) is 16.5 Å². The molecule has 0 saturated heterocycles. The van der Waals surface area contributed by atoms with Gasteiger partial charge in [-0.3, -0.25) is 14.2 Å². The SMILES string of the molecule is O=C(NC1CCCCC1)c1cc(-c2ccccc2)c(-c2ccccc2)c(=O)n1-c1ccccc1. The lowest BCUT2D eigenvalue weighted by molar-refractivity contribution is 0.0920. The Morgan fingerprint density at radius 3 is 1.91 bits per heavy atom. The normalized spacial score (nSPS) is 14.0. The second kappa shape index (κ2) is 9.92. The van der Waals surface area contributed by atoms with Crippen molar-refractivity contribution in [3.05, 3.63) is 113 Å². The van der Waals surface area contributed by atoms with Gasteiger partial charge in [0, 0.05) is 11.7 Å². The van der Waals surface area contributed by atoms with Crippen LogP contribution in [0.3, 0.4) is 0 Å². The molecule has 1 N–H and O–H groups in total. The Hall–Kier alpha value is -3.92. The predicted octanol–water partition coefficient (Wildman–Crippen LogP) is 6.23. The third-order valence-electron chi connectivity index (χ3n) is 6.54. The second-order valence-electron chi connectivity index (χ2n) is 8.83. The van der Waals surface area contributed by atoms with E-state index in [0.29, 0.717) is 16.9 Å². The number of amides is 1. The number of pyridine rings is 1. The molecule has 1 aromatic heterocycles. The number of carbonyl (C=O) groups is 1. The smallest absolute Gasteiger partial charge is 0.268 e. The van der Waals surface area contributed by atoms with Crippen LogP contribution in [0, 0.1) is 0 Å². The molecule has 1 fully saturated rings. The molecular weight excluding hydrogens is 420 g/mol. The maximum absolute atomic E-state index is 14.2. The van der Waals surface area contributed by atoms with Crippen molar-refractivity contribution in [1.29, 1.82) is 0 Å². The fourth-order valence-corrected chi connectivity index (χ4v) is 4.85. The van der Waals surface area contributed by atoms with Gasteiger partial charge in [-0.2, -0.15) is 0 Å². The lowest BCUT2D eigenvalue weighted by Crippen LogP contribution is -2.39. The molecule has 1 aliphatic rings. The highest BCUT2D eigenvalue weighted by Crippen LogP contribution is 2.31. The minimum atomic E-state index is -0.204. The zero-order valence-corrected chi connectivity index (χ0v) is 19.1. The third-order valence-corrected chi connectivity index (χ3v) is 6.54. The molecule has 0 unspecified atom stereocenters. The Kier molecular flexibility index (Phi) is 6.39. The minimum absolute atomic E-state index is 0.148. The standard InChI is InChI=1S/C30H28N2O2/c33-29(31-24-17-9-3-10-18-24)27-21-26(22-13-5-1-6-14-22)28(23-15-7-2-8-16-23)30(34)32(27)25-19-11-4-12-20-25/h1-2,4-8,11-16,19-21,24H,3,9-10,17-18H2,(H,31,33). The summed E-state index contributed by atoms with van der Waals surface area (Å²) < 4.78 is 1.56. The average molecular weight is 449 g/mol. The molecule has 4 aromatic rings. The molecule has 0 atom stereocenters. The Morgan fingerprint density at radius 1 is 0.735 bits per heavy atom. The molecule has 170 valence electrons. The van der Waals surface area contributed by atoms with Crippen LogP contribution < -0.4 is 10.9 Å². The highest BCUT2D eigenvalue weighted by atomic mass is 16.2. The first kappa shape index (κ1) is 21.9. The summed E-state index contributed by atoms with van der Waals surface area (Å²) in [4.78, 5) is 27.8. The summed E-state index contributed by atoms with van der Waals surface area (Å²) in [5, 5.41) is 3.21. The van der Waals surface area contributed by atoms with E-state index in [-0.39, 0.29) is 17.5 Å². The van der Waals surface area contributed by atoms with Gasteiger partial charge >= 0.3 is 0 Å². The fraction of sp³-hybridized carbons (Fsp3) is 0.200. The van der Waals surface area contributed by atoms with Gasteiger partial charge in [0.05, 0.1) is 5.56 Å². The number of hydrogen-bond acceptors (Lipinski definition) is 2. The zero-order chi connectivity index (χ0) is 23.3. The van der Waals surface area contributed by atoms with Gasteiger partial charge in [0.25, 0.3) is 11.5 Å². The van der Waals surface area contributed by atoms with E-state index in [4.69, 9.17) is 0 Å². The lowest BCUT2D eigenvalue weighted by Gasteiger charge is -2.24. The largest absolute Gasteiger partial charge is 0.348 e. The van der Waals surface area contributed by atoms with Gasteiger partial charge in [-0.05, 0) is 47.7 Å². The first-order valence-electron chi connectivity index (χ1n) is 12.0. The lowest BCUT2D eigenvalue weighted by atomic mass is 9.94. The molecular formula is C30H28N2O2. The van der Waals surface area contributed by atoms with Crippen molar-refractivity contribution in [2.24, 2.45) is 0 Å². The van der Waals surface area contributed by atoms with Crippen molar-refractivity contribution in [3.63, 3.8) is 0 Å². The number of nitrogens with one attached hydrogen (secondary N) is 1. The molecule has 4 nitrogen and oxygen atoms in total. The van der Waals surface area contributed by atoms with Gasteiger partial charge in [-0.1, -0.05) is 98.1 Å². The van der Waals surface area contributed by atoms with Crippen molar-refractivity contribution < 1.29 is 4.79 Å². The van der Waals surface area contributed by atoms with E-state index < -0.39 is 0 Å². The predicted molar refractivity (Wildman–Crippen MR) is 137 cm³/mol. The maximum atomic E-state index is 14.2. The zero-order valence-electron chi connectivity index (χ0n) is 19.1. The van der Waals surface area contributed by atoms with Gasteiger partial charge < -0.3 is 5.32 Å². The van der Waals surface area contributed by atoms with Crippen molar-refractivity contribution in [3.8, 4) is 27.9 Å². The molecule has 0 radical (unpaired) electrons. The molecule has 3 aromatic carbocycles. The molecule has 0 spiro atoms. The molecule has 1 amide bonds. The van der Waals surface area contributed by atoms with Crippen LogP contribution in [0.15, 0.2) is 102 Å². The number of nitrogens with zero attached hydrogens (tertiary/aromatic N) is 1. The van der Waals surface area contributed by atoms with Gasteiger partial charge in [-0.25, -0.2) is 0 Å². The summed E-state index contributed by atoms with van der Waals surface area (Å²) in [7, 11) is 0. The number of hydrogen-bond donors (Lipinski definition) is 1. The maximum Gasteiger partial charge on any atom is 0.268 e. The number of benzene rings is 3. The van der Waals surface area contributed by atoms with Crippen molar-refractivity contribution in [2.45, 2.75) is 38.1 Å². The first-order valence-corrected chi connectivity index (χ1v) is 12.0. The van der Waals surface area contributed by atoms with E-state index in [9.17, 15) is 9.59 Å². The summed E-state index contributed by atoms with van der Waals surface area (Å²) in [6, 6.07) is 31.0. The fourth-order valence-electron chi connectivity index (χ4n) is 4.85. The average Bonchev–Trinajstić information content (AvgIpc) is 2.90. The van der Waals surface area contributed by atoms with Crippen molar-refractivity contribution in [1.82, 2.24) is 9.88 Å². The summed E-state index contributed by atoms with van der Waals surface area (Å²) in [5.74, 6) is -0.204. The Morgan fingerprint density at radius 2 is 1.29 bits per heavy atom. The summed E-state index contributed by atoms with van der Waals surface area (Å²) in [6.07, 6.45) is 5.42. The van der Waals surface area contributed by atoms with Crippen LogP contribution in [0.5, 0.6) is 0 Å². The van der Waals surface area contributed by atoms with Crippen LogP contribution in [0.25, 0.3) is 27.9 Å². The van der Waals surface area contributed by atoms with Gasteiger partial charge in [-0.15, -0.1) is 0 Å². The molecule has 5 rings (SSSR count). The molecule has 1 aliphatic carbocycles. The van der Waals surface area contributed by atoms with E-state index in [0.717, 1.165) is 42.4 Å². The first-order chi connectivity index (χ1) is 16.7. The Balaban J connectivity index is 1.75. The van der Waals surface area contributed by atoms with E-state index in [1.165, 1.54) is 6.42 Å². The van der Waals surface area contributed by atoms with Crippen LogP contribution in [0.4, 0.5) is 0 Å². The summed E-state index contributed by atoms with van der Waals surface area (Å²) in [6.45, 7) is 0. The number of para-hydroxylation sites is 1. The minimum Gasteiger partial charge on any atom is -0.348 e. The van der Waals surface area contributed by atoms with Crippen LogP contribution in [-0.2, 0) is 0 Å². The van der Waals surface area contributed by atoms with Crippen LogP contribution in [0.2, 0.25) is 0 Å². The number of aromatic nitrogens is 1. The topological polar surface area (TPSA) is 51.1 Å². The number of carbonyl (C=O) groups excluding carboxylic acids is 1. The summed E-state index contributed by atoms with van der Waals surface area (Å²) >= 11 is 0.